The molecule has 0 saturated heterocycles. The van der Waals surface area contributed by atoms with E-state index >= 15 is 0 Å². The number of methoxy groups -OCH3 is 1. The van der Waals surface area contributed by atoms with Crippen molar-refractivity contribution in [2.75, 3.05) is 7.11 Å². The second kappa shape index (κ2) is 19.5. The number of hydrogen-bond acceptors (Lipinski definition) is 3. The summed E-state index contributed by atoms with van der Waals surface area (Å²) in [6.07, 6.45) is 0. The topological polar surface area (TPSA) is 95.2 Å². The summed E-state index contributed by atoms with van der Waals surface area (Å²) >= 11 is 0. The van der Waals surface area contributed by atoms with Crippen molar-refractivity contribution in [3.05, 3.63) is 85.7 Å². The van der Waals surface area contributed by atoms with E-state index in [2.05, 4.69) is 20.0 Å². The van der Waals surface area contributed by atoms with Gasteiger partial charge in [-0.2, -0.15) is 0 Å². The molecule has 7 heteroatoms. The van der Waals surface area contributed by atoms with Gasteiger partial charge in [-0.25, -0.2) is 4.79 Å². The van der Waals surface area contributed by atoms with E-state index in [9.17, 15) is 4.79 Å². The predicted octanol–water partition coefficient (Wildman–Crippen LogP) is 2.94. The number of rotatable bonds is 4. The molecular weight excluding hydrogens is 364 g/mol. The molecule has 0 unspecified atom stereocenters. The molecule has 2 aromatic rings. The Kier molecular flexibility index (Phi) is 21.3. The Bertz CT molecular complexity index is 635. The minimum absolute atomic E-state index is 0. The van der Waals surface area contributed by atoms with Gasteiger partial charge in [-0.1, -0.05) is 42.5 Å². The normalized spacial score (nSPS) is 7.32. The van der Waals surface area contributed by atoms with E-state index in [0.29, 0.717) is 17.9 Å². The monoisotopic (exact) mass is 378 g/mol. The number of para-hydroxylation sites is 1. The molecule has 0 aliphatic rings. The maximum absolute atomic E-state index is 11.5. The van der Waals surface area contributed by atoms with Gasteiger partial charge in [0.05, 0.1) is 7.11 Å². The van der Waals surface area contributed by atoms with Crippen LogP contribution in [0.2, 0.25) is 0 Å². The van der Waals surface area contributed by atoms with Crippen molar-refractivity contribution in [3.63, 3.8) is 0 Å². The molecule has 0 amide bonds. The number of carbonyl (C=O) groups excluding carboxylic acids is 1. The van der Waals surface area contributed by atoms with Gasteiger partial charge in [-0.15, -0.1) is 0 Å². The van der Waals surface area contributed by atoms with Crippen LogP contribution in [-0.2, 0) is 42.7 Å². The third-order valence-corrected chi connectivity index (χ3v) is 2.53. The maximum Gasteiger partial charge on any atom is 0 e. The van der Waals surface area contributed by atoms with E-state index in [1.807, 2.05) is 36.4 Å². The van der Waals surface area contributed by atoms with Crippen molar-refractivity contribution in [2.24, 2.45) is 0 Å². The number of ether oxygens (including phenoxy) is 2. The number of hydrogen-bond donors (Lipinski definition) is 0. The molecule has 0 heterocycles. The number of esters is 1. The van der Waals surface area contributed by atoms with Gasteiger partial charge >= 0.3 is 39.9 Å². The van der Waals surface area contributed by atoms with E-state index in [1.54, 1.807) is 18.2 Å². The van der Waals surface area contributed by atoms with Crippen LogP contribution in [0.5, 0.6) is 5.75 Å². The van der Waals surface area contributed by atoms with Crippen LogP contribution in [0.4, 0.5) is 0 Å². The fraction of sp³-hybridized carbons (Fsp3) is 0.111. The second-order valence-corrected chi connectivity index (χ2v) is 3.76. The van der Waals surface area contributed by atoms with Crippen molar-refractivity contribution >= 4 is 5.97 Å². The molecule has 0 atom stereocenters. The molecular formula is C18H14CrO6. The van der Waals surface area contributed by atoms with E-state index in [4.69, 9.17) is 23.4 Å². The molecule has 0 bridgehead atoms. The smallest absolute Gasteiger partial charge is 0 e. The Morgan fingerprint density at radius 3 is 1.88 bits per heavy atom. The van der Waals surface area contributed by atoms with Gasteiger partial charge in [-0.05, 0) is 17.7 Å². The molecule has 0 N–H and O–H groups in total. The molecule has 0 radical (unpaired) electrons. The first-order valence-electron chi connectivity index (χ1n) is 6.26. The summed E-state index contributed by atoms with van der Waals surface area (Å²) in [4.78, 5) is 11.5. The van der Waals surface area contributed by atoms with Crippen LogP contribution in [0, 0.1) is 20.0 Å². The van der Waals surface area contributed by atoms with Crippen LogP contribution in [0.3, 0.4) is 0 Å². The quantitative estimate of drug-likeness (QED) is 0.465. The molecule has 2 rings (SSSR count). The van der Waals surface area contributed by atoms with Crippen molar-refractivity contribution in [1.82, 2.24) is 0 Å². The molecule has 25 heavy (non-hydrogen) atoms. The van der Waals surface area contributed by atoms with Crippen LogP contribution in [-0.4, -0.2) is 13.1 Å². The van der Waals surface area contributed by atoms with Crippen LogP contribution in [0.1, 0.15) is 15.9 Å². The van der Waals surface area contributed by atoms with Crippen LogP contribution >= 0.6 is 0 Å². The standard InChI is InChI=1S/C15H14O3.3CO.Cr/c1-17-15(16)13-9-5-6-10-14(13)18-11-12-7-3-2-4-8-12;3*1-2;/h2-10H,11H2,1H3;;;;. The van der Waals surface area contributed by atoms with Crippen molar-refractivity contribution in [3.8, 4) is 5.75 Å². The first-order valence-corrected chi connectivity index (χ1v) is 6.26. The molecule has 0 saturated carbocycles. The van der Waals surface area contributed by atoms with E-state index in [-0.39, 0.29) is 17.4 Å². The van der Waals surface area contributed by atoms with E-state index in [1.165, 1.54) is 7.11 Å². The van der Waals surface area contributed by atoms with Crippen LogP contribution in [0.15, 0.2) is 54.6 Å². The third-order valence-electron chi connectivity index (χ3n) is 2.53. The average molecular weight is 378 g/mol. The maximum atomic E-state index is 11.5. The number of carbonyl (C=O) groups is 1. The summed E-state index contributed by atoms with van der Waals surface area (Å²) < 4.78 is 32.9. The summed E-state index contributed by atoms with van der Waals surface area (Å²) in [5, 5.41) is 0. The Morgan fingerprint density at radius 2 is 1.36 bits per heavy atom. The van der Waals surface area contributed by atoms with Crippen molar-refractivity contribution < 1.29 is 45.6 Å². The van der Waals surface area contributed by atoms with Gasteiger partial charge in [0.25, 0.3) is 0 Å². The summed E-state index contributed by atoms with van der Waals surface area (Å²) in [5.41, 5.74) is 1.49. The van der Waals surface area contributed by atoms with Gasteiger partial charge in [0.2, 0.25) is 0 Å². The SMILES string of the molecule is COC(=O)c1ccccc1OCc1ccccc1.[C-]#[O+].[C-]#[O+].[C-]#[O+].[Cr]. The molecule has 0 spiro atoms. The Morgan fingerprint density at radius 1 is 0.880 bits per heavy atom. The molecule has 0 aliphatic heterocycles. The summed E-state index contributed by atoms with van der Waals surface area (Å²) in [6.45, 7) is 13.9. The van der Waals surface area contributed by atoms with Gasteiger partial charge < -0.3 is 9.47 Å². The molecule has 2 aromatic carbocycles. The molecule has 128 valence electrons. The number of benzene rings is 2. The van der Waals surface area contributed by atoms with Crippen LogP contribution in [0.25, 0.3) is 0 Å². The second-order valence-electron chi connectivity index (χ2n) is 3.76. The van der Waals surface area contributed by atoms with E-state index < -0.39 is 5.97 Å². The molecule has 0 aromatic heterocycles. The first kappa shape index (κ1) is 27.3. The third kappa shape index (κ3) is 10.8. The van der Waals surface area contributed by atoms with Gasteiger partial charge in [0.1, 0.15) is 17.9 Å². The van der Waals surface area contributed by atoms with Gasteiger partial charge in [0.15, 0.2) is 0 Å². The minimum Gasteiger partial charge on any atom is 0 e. The molecule has 6 nitrogen and oxygen atoms in total. The van der Waals surface area contributed by atoms with Crippen LogP contribution < -0.4 is 4.74 Å². The Balaban J connectivity index is -0.000000626. The summed E-state index contributed by atoms with van der Waals surface area (Å²) in [7, 11) is 1.36. The largest absolute Gasteiger partial charge is 0 e. The Labute approximate surface area is 157 Å². The molecule has 0 aliphatic carbocycles. The fourth-order valence-electron chi connectivity index (χ4n) is 1.61. The van der Waals surface area contributed by atoms with Gasteiger partial charge in [-0.3, -0.25) is 0 Å². The first-order chi connectivity index (χ1) is 11.8. The predicted molar refractivity (Wildman–Crippen MR) is 80.3 cm³/mol. The molecule has 0 fully saturated rings. The summed E-state index contributed by atoms with van der Waals surface area (Å²) in [6, 6.07) is 16.8. The fourth-order valence-corrected chi connectivity index (χ4v) is 1.61. The van der Waals surface area contributed by atoms with Crippen molar-refractivity contribution in [1.29, 1.82) is 0 Å². The zero-order chi connectivity index (χ0) is 18.8. The van der Waals surface area contributed by atoms with Crippen molar-refractivity contribution in [2.45, 2.75) is 6.61 Å². The average Bonchev–Trinajstić information content (AvgIpc) is 2.71. The Hall–Kier alpha value is -2.54. The zero-order valence-corrected chi connectivity index (χ0v) is 14.5. The van der Waals surface area contributed by atoms with E-state index in [0.717, 1.165) is 5.56 Å². The summed E-state index contributed by atoms with van der Waals surface area (Å²) in [5.74, 6) is 0.145. The van der Waals surface area contributed by atoms with Gasteiger partial charge in [0, 0.05) is 17.4 Å². The zero-order valence-electron chi connectivity index (χ0n) is 13.3. The minimum atomic E-state index is -0.390.